The molecule has 5 rings (SSSR count). The molecule has 0 bridgehead atoms. The minimum atomic E-state index is -1.38. The number of hydrogen-bond donors (Lipinski definition) is 1. The van der Waals surface area contributed by atoms with Crippen molar-refractivity contribution in [1.29, 1.82) is 0 Å². The van der Waals surface area contributed by atoms with Crippen molar-refractivity contribution in [2.45, 2.75) is 5.60 Å². The summed E-state index contributed by atoms with van der Waals surface area (Å²) < 4.78 is 11.7. The maximum absolute atomic E-state index is 12.6. The number of fused-ring (bicyclic) bond motifs is 6. The third kappa shape index (κ3) is 2.48. The van der Waals surface area contributed by atoms with E-state index in [4.69, 9.17) is 32.7 Å². The molecule has 1 atom stereocenters. The molecule has 0 saturated heterocycles. The first-order valence-electron chi connectivity index (χ1n) is 7.96. The van der Waals surface area contributed by atoms with Gasteiger partial charge in [-0.2, -0.15) is 0 Å². The SMILES string of the molecule is O=C1OC2(c3cc(Cl)c([O-])cc3Oc3cc(O)c(Cl)cc32)c2ccccc21.[Na+]. The second kappa shape index (κ2) is 6.58. The Kier molecular flexibility index (Phi) is 4.56. The van der Waals surface area contributed by atoms with Gasteiger partial charge in [0.2, 0.25) is 0 Å². The van der Waals surface area contributed by atoms with Crippen molar-refractivity contribution in [1.82, 2.24) is 0 Å². The predicted molar refractivity (Wildman–Crippen MR) is 95.8 cm³/mol. The Bertz CT molecular complexity index is 1100. The molecular formula is C20H9Cl2NaO5. The average Bonchev–Trinajstić information content (AvgIpc) is 2.93. The number of phenols is 1. The molecule has 2 heterocycles. The van der Waals surface area contributed by atoms with Crippen LogP contribution in [0, 0.1) is 0 Å². The van der Waals surface area contributed by atoms with E-state index in [-0.39, 0.29) is 56.9 Å². The van der Waals surface area contributed by atoms with Gasteiger partial charge in [0, 0.05) is 27.8 Å². The van der Waals surface area contributed by atoms with Crippen LogP contribution < -0.4 is 39.4 Å². The summed E-state index contributed by atoms with van der Waals surface area (Å²) in [7, 11) is 0. The summed E-state index contributed by atoms with van der Waals surface area (Å²) in [6.07, 6.45) is 0. The zero-order chi connectivity index (χ0) is 18.9. The molecule has 0 fully saturated rings. The fraction of sp³-hybridized carbons (Fsp3) is 0.0500. The third-order valence-electron chi connectivity index (χ3n) is 4.83. The normalized spacial score (nSPS) is 18.4. The number of carbonyl (C=O) groups excluding carboxylic acids is 1. The van der Waals surface area contributed by atoms with Crippen LogP contribution in [0.25, 0.3) is 0 Å². The van der Waals surface area contributed by atoms with Gasteiger partial charge in [-0.05, 0) is 24.3 Å². The summed E-state index contributed by atoms with van der Waals surface area (Å²) >= 11 is 12.2. The van der Waals surface area contributed by atoms with Crippen molar-refractivity contribution in [3.05, 3.63) is 80.8 Å². The Morgan fingerprint density at radius 2 is 1.57 bits per heavy atom. The van der Waals surface area contributed by atoms with E-state index in [9.17, 15) is 15.0 Å². The summed E-state index contributed by atoms with van der Waals surface area (Å²) in [5.41, 5.74) is 0.441. The molecule has 0 aromatic heterocycles. The second-order valence-corrected chi connectivity index (χ2v) is 7.11. The Morgan fingerprint density at radius 3 is 2.32 bits per heavy atom. The number of esters is 1. The summed E-state index contributed by atoms with van der Waals surface area (Å²) in [4.78, 5) is 12.6. The smallest absolute Gasteiger partial charge is 0.871 e. The number of carbonyl (C=O) groups is 1. The molecule has 28 heavy (non-hydrogen) atoms. The van der Waals surface area contributed by atoms with Crippen LogP contribution in [-0.2, 0) is 10.3 Å². The number of ether oxygens (including phenoxy) is 2. The number of aromatic hydroxyl groups is 1. The number of hydrogen-bond acceptors (Lipinski definition) is 5. The zero-order valence-electron chi connectivity index (χ0n) is 14.5. The van der Waals surface area contributed by atoms with Crippen molar-refractivity contribution in [3.8, 4) is 23.0 Å². The van der Waals surface area contributed by atoms with Crippen molar-refractivity contribution in [2.24, 2.45) is 0 Å². The minimum Gasteiger partial charge on any atom is -0.871 e. The maximum atomic E-state index is 12.6. The largest absolute Gasteiger partial charge is 1.00 e. The van der Waals surface area contributed by atoms with Crippen LogP contribution in [0.2, 0.25) is 10.0 Å². The number of rotatable bonds is 0. The van der Waals surface area contributed by atoms with E-state index in [1.165, 1.54) is 24.3 Å². The molecule has 8 heteroatoms. The summed E-state index contributed by atoms with van der Waals surface area (Å²) in [5, 5.41) is 22.1. The molecule has 3 aromatic rings. The van der Waals surface area contributed by atoms with Crippen molar-refractivity contribution >= 4 is 29.2 Å². The quantitative estimate of drug-likeness (QED) is 0.436. The van der Waals surface area contributed by atoms with Gasteiger partial charge in [0.15, 0.2) is 5.60 Å². The molecule has 3 aromatic carbocycles. The van der Waals surface area contributed by atoms with Gasteiger partial charge in [0.1, 0.15) is 17.2 Å². The van der Waals surface area contributed by atoms with Gasteiger partial charge >= 0.3 is 35.5 Å². The molecule has 1 N–H and O–H groups in total. The van der Waals surface area contributed by atoms with Crippen LogP contribution >= 0.6 is 23.2 Å². The summed E-state index contributed by atoms with van der Waals surface area (Å²) in [5.74, 6) is -0.706. The van der Waals surface area contributed by atoms with Gasteiger partial charge in [-0.25, -0.2) is 4.79 Å². The van der Waals surface area contributed by atoms with Gasteiger partial charge < -0.3 is 19.7 Å². The van der Waals surface area contributed by atoms with Gasteiger partial charge in [-0.15, -0.1) is 0 Å². The van der Waals surface area contributed by atoms with Crippen molar-refractivity contribution < 1.29 is 54.0 Å². The molecule has 0 radical (unpaired) electrons. The Labute approximate surface area is 191 Å². The Hall–Kier alpha value is -1.89. The van der Waals surface area contributed by atoms with E-state index in [0.29, 0.717) is 22.3 Å². The van der Waals surface area contributed by atoms with E-state index in [1.807, 2.05) is 0 Å². The van der Waals surface area contributed by atoms with E-state index in [1.54, 1.807) is 24.3 Å². The molecule has 0 saturated carbocycles. The number of halogens is 2. The Morgan fingerprint density at radius 1 is 0.929 bits per heavy atom. The molecule has 0 aliphatic carbocycles. The van der Waals surface area contributed by atoms with Gasteiger partial charge in [-0.3, -0.25) is 0 Å². The maximum Gasteiger partial charge on any atom is 1.00 e. The van der Waals surface area contributed by atoms with Gasteiger partial charge in [0.05, 0.1) is 10.6 Å². The van der Waals surface area contributed by atoms with Gasteiger partial charge in [0.25, 0.3) is 0 Å². The predicted octanol–water partition coefficient (Wildman–Crippen LogP) is 1.34. The van der Waals surface area contributed by atoms with Crippen molar-refractivity contribution in [3.63, 3.8) is 0 Å². The fourth-order valence-electron chi connectivity index (χ4n) is 3.68. The van der Waals surface area contributed by atoms with Crippen LogP contribution in [-0.4, -0.2) is 11.1 Å². The number of phenolic OH excluding ortho intramolecular Hbond substituents is 1. The molecule has 2 aliphatic rings. The topological polar surface area (TPSA) is 78.8 Å². The van der Waals surface area contributed by atoms with Crippen LogP contribution in [0.1, 0.15) is 27.0 Å². The van der Waals surface area contributed by atoms with E-state index < -0.39 is 17.3 Å². The van der Waals surface area contributed by atoms with Crippen molar-refractivity contribution in [2.75, 3.05) is 0 Å². The molecule has 1 spiro atoms. The van der Waals surface area contributed by atoms with E-state index in [2.05, 4.69) is 0 Å². The van der Waals surface area contributed by atoms with Crippen LogP contribution in [0.15, 0.2) is 48.5 Å². The molecular weight excluding hydrogens is 414 g/mol. The first-order valence-corrected chi connectivity index (χ1v) is 8.72. The van der Waals surface area contributed by atoms with E-state index in [0.717, 1.165) is 0 Å². The molecule has 0 amide bonds. The summed E-state index contributed by atoms with van der Waals surface area (Å²) in [6, 6.07) is 12.4. The monoisotopic (exact) mass is 422 g/mol. The first kappa shape index (κ1) is 19.4. The molecule has 5 nitrogen and oxygen atoms in total. The fourth-order valence-corrected chi connectivity index (χ4v) is 4.00. The van der Waals surface area contributed by atoms with Gasteiger partial charge in [-0.1, -0.05) is 47.2 Å². The van der Waals surface area contributed by atoms with Crippen LogP contribution in [0.3, 0.4) is 0 Å². The zero-order valence-corrected chi connectivity index (χ0v) is 18.0. The molecule has 134 valence electrons. The van der Waals surface area contributed by atoms with E-state index >= 15 is 0 Å². The average molecular weight is 423 g/mol. The first-order chi connectivity index (χ1) is 12.9. The van der Waals surface area contributed by atoms with Crippen LogP contribution in [0.5, 0.6) is 23.0 Å². The molecule has 1 unspecified atom stereocenters. The van der Waals surface area contributed by atoms with Crippen LogP contribution in [0.4, 0.5) is 0 Å². The summed E-state index contributed by atoms with van der Waals surface area (Å²) in [6.45, 7) is 0. The standard InChI is InChI=1S/C20H10Cl2O5.Na/c21-13-5-11-17(7-15(13)23)26-18-8-16(24)14(22)6-12(18)20(11)10-4-2-1-3-9(10)19(25)27-20;/h1-8,23-24H;/q;+1/p-1. The second-order valence-electron chi connectivity index (χ2n) is 6.30. The third-order valence-corrected chi connectivity index (χ3v) is 5.43. The number of benzene rings is 3. The molecule has 2 aliphatic heterocycles. The minimum absolute atomic E-state index is 0. The Balaban J connectivity index is 0.00000192.